The van der Waals surface area contributed by atoms with E-state index in [4.69, 9.17) is 16.3 Å². The van der Waals surface area contributed by atoms with Crippen LogP contribution < -0.4 is 5.32 Å². The Morgan fingerprint density at radius 3 is 2.91 bits per heavy atom. The molecule has 2 rings (SSSR count). The van der Waals surface area contributed by atoms with Gasteiger partial charge in [0.25, 0.3) is 0 Å². The molecule has 1 aliphatic rings. The summed E-state index contributed by atoms with van der Waals surface area (Å²) in [7, 11) is 0. The van der Waals surface area contributed by atoms with E-state index in [0.717, 1.165) is 5.56 Å². The van der Waals surface area contributed by atoms with E-state index in [1.807, 2.05) is 6.07 Å². The molecule has 4 nitrogen and oxygen atoms in total. The van der Waals surface area contributed by atoms with E-state index >= 15 is 0 Å². The van der Waals surface area contributed by atoms with Crippen LogP contribution in [0.25, 0.3) is 0 Å². The van der Waals surface area contributed by atoms with Crippen LogP contribution in [-0.2, 0) is 16.1 Å². The molecule has 8 heteroatoms. The highest BCUT2D eigenvalue weighted by molar-refractivity contribution is 6.30. The van der Waals surface area contributed by atoms with Crippen LogP contribution in [0.1, 0.15) is 12.0 Å². The number of carbonyl (C=O) groups excluding carboxylic acids is 1. The van der Waals surface area contributed by atoms with E-state index in [2.05, 4.69) is 5.32 Å². The Kier molecular flexibility index (Phi) is 6.26. The summed E-state index contributed by atoms with van der Waals surface area (Å²) < 4.78 is 42.6. The molecule has 0 aliphatic carbocycles. The number of ether oxygens (including phenoxy) is 1. The zero-order chi connectivity index (χ0) is 16.9. The van der Waals surface area contributed by atoms with Gasteiger partial charge in [-0.15, -0.1) is 0 Å². The lowest BCUT2D eigenvalue weighted by atomic mass is 10.2. The molecular formula is C15H18ClF3N2O2. The highest BCUT2D eigenvalue weighted by atomic mass is 35.5. The first-order valence-electron chi connectivity index (χ1n) is 7.26. The van der Waals surface area contributed by atoms with E-state index in [1.54, 1.807) is 23.1 Å². The Hall–Kier alpha value is -1.31. The van der Waals surface area contributed by atoms with Crippen LogP contribution in [0.15, 0.2) is 24.3 Å². The fourth-order valence-electron chi connectivity index (χ4n) is 2.30. The number of benzene rings is 1. The maximum absolute atomic E-state index is 12.6. The summed E-state index contributed by atoms with van der Waals surface area (Å²) in [5.41, 5.74) is 0.870. The van der Waals surface area contributed by atoms with Crippen molar-refractivity contribution in [3.8, 4) is 0 Å². The summed E-state index contributed by atoms with van der Waals surface area (Å²) in [5, 5.41) is 3.32. The van der Waals surface area contributed by atoms with E-state index in [0.29, 0.717) is 18.1 Å². The average molecular weight is 351 g/mol. The molecule has 0 spiro atoms. The van der Waals surface area contributed by atoms with Crippen LogP contribution >= 0.6 is 11.6 Å². The molecule has 1 aromatic carbocycles. The van der Waals surface area contributed by atoms with Crippen molar-refractivity contribution in [1.82, 2.24) is 10.2 Å². The molecule has 1 fully saturated rings. The molecule has 0 saturated carbocycles. The molecule has 128 valence electrons. The molecule has 0 unspecified atom stereocenters. The standard InChI is InChI=1S/C15H18ClF3N2O2/c16-12-3-1-2-11(8-12)9-20-14(22)4-5-21-6-7-23-13(10-21)15(17,18)19/h1-3,8,13H,4-7,9-10H2,(H,20,22)/t13-/m0/s1. The molecule has 1 heterocycles. The highest BCUT2D eigenvalue weighted by Crippen LogP contribution is 2.25. The molecule has 1 aromatic rings. The van der Waals surface area contributed by atoms with E-state index in [-0.39, 0.29) is 32.0 Å². The number of nitrogens with zero attached hydrogens (tertiary/aromatic N) is 1. The van der Waals surface area contributed by atoms with Crippen molar-refractivity contribution in [2.75, 3.05) is 26.2 Å². The molecule has 0 aromatic heterocycles. The monoisotopic (exact) mass is 350 g/mol. The molecule has 1 N–H and O–H groups in total. The van der Waals surface area contributed by atoms with Crippen molar-refractivity contribution in [2.24, 2.45) is 0 Å². The second-order valence-corrected chi connectivity index (χ2v) is 5.79. The maximum atomic E-state index is 12.6. The molecule has 0 bridgehead atoms. The zero-order valence-electron chi connectivity index (χ0n) is 12.4. The molecule has 0 radical (unpaired) electrons. The second-order valence-electron chi connectivity index (χ2n) is 5.36. The number of nitrogens with one attached hydrogen (secondary N) is 1. The van der Waals surface area contributed by atoms with Crippen molar-refractivity contribution in [2.45, 2.75) is 25.2 Å². The fourth-order valence-corrected chi connectivity index (χ4v) is 2.51. The Labute approximate surface area is 137 Å². The van der Waals surface area contributed by atoms with Crippen LogP contribution in [0, 0.1) is 0 Å². The van der Waals surface area contributed by atoms with E-state index in [9.17, 15) is 18.0 Å². The van der Waals surface area contributed by atoms with Crippen molar-refractivity contribution in [1.29, 1.82) is 0 Å². The van der Waals surface area contributed by atoms with Gasteiger partial charge in [0.1, 0.15) is 0 Å². The summed E-state index contributed by atoms with van der Waals surface area (Å²) in [6.07, 6.45) is -6.00. The normalized spacial score (nSPS) is 19.6. The topological polar surface area (TPSA) is 41.6 Å². The predicted octanol–water partition coefficient (Wildman–Crippen LogP) is 2.61. The van der Waals surface area contributed by atoms with Gasteiger partial charge in [0, 0.05) is 37.6 Å². The third kappa shape index (κ3) is 6.01. The highest BCUT2D eigenvalue weighted by Gasteiger charge is 2.43. The average Bonchev–Trinajstić information content (AvgIpc) is 2.50. The number of morpholine rings is 1. The summed E-state index contributed by atoms with van der Waals surface area (Å²) in [6, 6.07) is 7.11. The molecule has 1 saturated heterocycles. The van der Waals surface area contributed by atoms with E-state index < -0.39 is 12.3 Å². The first-order valence-corrected chi connectivity index (χ1v) is 7.64. The van der Waals surface area contributed by atoms with Crippen LogP contribution in [0.3, 0.4) is 0 Å². The number of hydrogen-bond donors (Lipinski definition) is 1. The number of halogens is 4. The number of alkyl halides is 3. The molecule has 1 aliphatic heterocycles. The Morgan fingerprint density at radius 2 is 2.22 bits per heavy atom. The van der Waals surface area contributed by atoms with Gasteiger partial charge in [-0.3, -0.25) is 9.69 Å². The SMILES string of the molecule is O=C(CCN1CCO[C@H](C(F)(F)F)C1)NCc1cccc(Cl)c1. The Morgan fingerprint density at radius 1 is 1.43 bits per heavy atom. The lowest BCUT2D eigenvalue weighted by molar-refractivity contribution is -0.237. The minimum absolute atomic E-state index is 0.0221. The van der Waals surface area contributed by atoms with Gasteiger partial charge in [-0.05, 0) is 17.7 Å². The Balaban J connectivity index is 1.72. The summed E-state index contributed by atoms with van der Waals surface area (Å²) in [4.78, 5) is 13.4. The largest absolute Gasteiger partial charge is 0.415 e. The third-order valence-corrected chi connectivity index (χ3v) is 3.78. The quantitative estimate of drug-likeness (QED) is 0.887. The zero-order valence-corrected chi connectivity index (χ0v) is 13.2. The number of amides is 1. The van der Waals surface area contributed by atoms with Crippen LogP contribution in [0.2, 0.25) is 5.02 Å². The van der Waals surface area contributed by atoms with Gasteiger partial charge >= 0.3 is 6.18 Å². The molecule has 23 heavy (non-hydrogen) atoms. The lowest BCUT2D eigenvalue weighted by Gasteiger charge is -2.33. The minimum Gasteiger partial charge on any atom is -0.366 e. The predicted molar refractivity (Wildman–Crippen MR) is 80.2 cm³/mol. The summed E-state index contributed by atoms with van der Waals surface area (Å²) in [6.45, 7) is 0.804. The van der Waals surface area contributed by atoms with Crippen LogP contribution in [-0.4, -0.2) is 49.3 Å². The maximum Gasteiger partial charge on any atom is 0.415 e. The van der Waals surface area contributed by atoms with Gasteiger partial charge in [-0.2, -0.15) is 13.2 Å². The lowest BCUT2D eigenvalue weighted by Crippen LogP contribution is -2.49. The van der Waals surface area contributed by atoms with Crippen molar-refractivity contribution in [3.63, 3.8) is 0 Å². The fraction of sp³-hybridized carbons (Fsp3) is 0.533. The second kappa shape index (κ2) is 7.99. The summed E-state index contributed by atoms with van der Waals surface area (Å²) in [5.74, 6) is -0.208. The third-order valence-electron chi connectivity index (χ3n) is 3.55. The van der Waals surface area contributed by atoms with Gasteiger partial charge < -0.3 is 10.1 Å². The van der Waals surface area contributed by atoms with Gasteiger partial charge in [0.15, 0.2) is 6.10 Å². The van der Waals surface area contributed by atoms with Crippen molar-refractivity contribution >= 4 is 17.5 Å². The van der Waals surface area contributed by atoms with Gasteiger partial charge in [0.2, 0.25) is 5.91 Å². The first kappa shape index (κ1) is 18.0. The van der Waals surface area contributed by atoms with Crippen molar-refractivity contribution < 1.29 is 22.7 Å². The number of hydrogen-bond acceptors (Lipinski definition) is 3. The number of carbonyl (C=O) groups is 1. The van der Waals surface area contributed by atoms with Gasteiger partial charge in [0.05, 0.1) is 6.61 Å². The first-order chi connectivity index (χ1) is 10.8. The minimum atomic E-state index is -4.37. The molecular weight excluding hydrogens is 333 g/mol. The van der Waals surface area contributed by atoms with Crippen LogP contribution in [0.4, 0.5) is 13.2 Å². The molecule has 1 atom stereocenters. The van der Waals surface area contributed by atoms with Gasteiger partial charge in [-0.25, -0.2) is 0 Å². The Bertz CT molecular complexity index is 540. The van der Waals surface area contributed by atoms with Gasteiger partial charge in [-0.1, -0.05) is 23.7 Å². The van der Waals surface area contributed by atoms with Crippen LogP contribution in [0.5, 0.6) is 0 Å². The number of rotatable bonds is 5. The van der Waals surface area contributed by atoms with E-state index in [1.165, 1.54) is 0 Å². The molecule has 1 amide bonds. The summed E-state index contributed by atoms with van der Waals surface area (Å²) >= 11 is 5.85. The van der Waals surface area contributed by atoms with Crippen molar-refractivity contribution in [3.05, 3.63) is 34.9 Å². The smallest absolute Gasteiger partial charge is 0.366 e.